The number of nitrogens with two attached hydrogens (primary N) is 1. The molecule has 1 unspecified atom stereocenters. The Morgan fingerprint density at radius 3 is 2.95 bits per heavy atom. The lowest BCUT2D eigenvalue weighted by Gasteiger charge is -2.34. The smallest absolute Gasteiger partial charge is 0.244 e. The van der Waals surface area contributed by atoms with E-state index in [2.05, 4.69) is 19.9 Å². The molecule has 0 saturated carbocycles. The summed E-state index contributed by atoms with van der Waals surface area (Å²) in [4.78, 5) is 27.3. The van der Waals surface area contributed by atoms with Crippen molar-refractivity contribution in [3.05, 3.63) is 53.9 Å². The van der Waals surface area contributed by atoms with Crippen LogP contribution in [0.4, 0.5) is 0 Å². The largest absolute Gasteiger partial charge is 0.368 e. The highest BCUT2D eigenvalue weighted by molar-refractivity contribution is 5.86. The zero-order chi connectivity index (χ0) is 15.6. The Hall–Kier alpha value is -2.34. The Morgan fingerprint density at radius 1 is 1.41 bits per heavy atom. The molecule has 6 nitrogen and oxygen atoms in total. The van der Waals surface area contributed by atoms with Crippen molar-refractivity contribution in [2.45, 2.75) is 31.8 Å². The van der Waals surface area contributed by atoms with Crippen molar-refractivity contribution in [2.75, 3.05) is 6.54 Å². The van der Waals surface area contributed by atoms with Gasteiger partial charge in [0.05, 0.1) is 17.6 Å². The second kappa shape index (κ2) is 5.81. The number of likely N-dealkylation sites (tertiary alicyclic amines) is 1. The van der Waals surface area contributed by atoms with Crippen LogP contribution in [0.25, 0.3) is 0 Å². The molecule has 3 heterocycles. The van der Waals surface area contributed by atoms with Crippen LogP contribution in [0.2, 0.25) is 0 Å². The van der Waals surface area contributed by atoms with Crippen LogP contribution in [0, 0.1) is 6.92 Å². The zero-order valence-corrected chi connectivity index (χ0v) is 12.6. The summed E-state index contributed by atoms with van der Waals surface area (Å²) in [5.74, 6) is -0.377. The molecule has 114 valence electrons. The van der Waals surface area contributed by atoms with E-state index in [1.807, 2.05) is 25.1 Å². The molecule has 1 fully saturated rings. The van der Waals surface area contributed by atoms with Gasteiger partial charge in [0.1, 0.15) is 5.54 Å². The molecular weight excluding hydrogens is 278 g/mol. The van der Waals surface area contributed by atoms with Crippen molar-refractivity contribution in [1.82, 2.24) is 19.9 Å². The summed E-state index contributed by atoms with van der Waals surface area (Å²) in [5, 5.41) is 0. The lowest BCUT2D eigenvalue weighted by atomic mass is 9.91. The van der Waals surface area contributed by atoms with Gasteiger partial charge in [-0.3, -0.25) is 24.6 Å². The van der Waals surface area contributed by atoms with Crippen molar-refractivity contribution < 1.29 is 4.79 Å². The van der Waals surface area contributed by atoms with E-state index in [0.29, 0.717) is 18.7 Å². The molecule has 3 rings (SSSR count). The molecule has 6 heteroatoms. The number of hydrogen-bond donors (Lipinski definition) is 1. The molecule has 0 spiro atoms. The highest BCUT2D eigenvalue weighted by Gasteiger charge is 2.49. The molecule has 2 aromatic heterocycles. The molecule has 2 N–H and O–H groups in total. The summed E-state index contributed by atoms with van der Waals surface area (Å²) in [7, 11) is 0. The standard InChI is InChI=1S/C16H19N5O/c1-12-4-2-5-13(20-12)11-21-9-3-6-16(21,15(17)22)14-10-18-7-8-19-14/h2,4-5,7-8,10H,3,6,9,11H2,1H3,(H2,17,22). The summed E-state index contributed by atoms with van der Waals surface area (Å²) >= 11 is 0. The minimum atomic E-state index is -0.889. The number of amides is 1. The quantitative estimate of drug-likeness (QED) is 0.915. The van der Waals surface area contributed by atoms with Gasteiger partial charge in [-0.2, -0.15) is 0 Å². The molecule has 1 atom stereocenters. The first-order chi connectivity index (χ1) is 10.6. The second-order valence-corrected chi connectivity index (χ2v) is 5.61. The van der Waals surface area contributed by atoms with Gasteiger partial charge in [-0.05, 0) is 31.9 Å². The van der Waals surface area contributed by atoms with Crippen LogP contribution in [0.1, 0.15) is 29.9 Å². The maximum Gasteiger partial charge on any atom is 0.244 e. The second-order valence-electron chi connectivity index (χ2n) is 5.61. The minimum absolute atomic E-state index is 0.377. The van der Waals surface area contributed by atoms with Gasteiger partial charge in [0, 0.05) is 31.2 Å². The molecule has 2 aromatic rings. The van der Waals surface area contributed by atoms with Gasteiger partial charge in [0.15, 0.2) is 0 Å². The van der Waals surface area contributed by atoms with Crippen LogP contribution >= 0.6 is 0 Å². The first-order valence-corrected chi connectivity index (χ1v) is 7.37. The van der Waals surface area contributed by atoms with E-state index in [0.717, 1.165) is 24.4 Å². The number of primary amides is 1. The normalized spacial score (nSPS) is 21.9. The van der Waals surface area contributed by atoms with Crippen molar-refractivity contribution >= 4 is 5.91 Å². The van der Waals surface area contributed by atoms with Crippen LogP contribution in [-0.4, -0.2) is 32.3 Å². The fourth-order valence-electron chi connectivity index (χ4n) is 3.18. The predicted molar refractivity (Wildman–Crippen MR) is 81.5 cm³/mol. The summed E-state index contributed by atoms with van der Waals surface area (Å²) in [6.07, 6.45) is 6.38. The number of pyridine rings is 1. The predicted octanol–water partition coefficient (Wildman–Crippen LogP) is 1.16. The van der Waals surface area contributed by atoms with Crippen molar-refractivity contribution in [3.8, 4) is 0 Å². The molecule has 1 amide bonds. The summed E-state index contributed by atoms with van der Waals surface area (Å²) < 4.78 is 0. The number of nitrogens with zero attached hydrogens (tertiary/aromatic N) is 4. The molecule has 22 heavy (non-hydrogen) atoms. The average molecular weight is 297 g/mol. The molecule has 0 bridgehead atoms. The van der Waals surface area contributed by atoms with Crippen LogP contribution in [-0.2, 0) is 16.9 Å². The highest BCUT2D eigenvalue weighted by atomic mass is 16.1. The Bertz CT molecular complexity index is 675. The third-order valence-corrected chi connectivity index (χ3v) is 4.20. The molecule has 1 saturated heterocycles. The van der Waals surface area contributed by atoms with Gasteiger partial charge in [-0.15, -0.1) is 0 Å². The van der Waals surface area contributed by atoms with Crippen molar-refractivity contribution in [1.29, 1.82) is 0 Å². The van der Waals surface area contributed by atoms with Gasteiger partial charge < -0.3 is 5.73 Å². The van der Waals surface area contributed by atoms with E-state index in [1.165, 1.54) is 0 Å². The van der Waals surface area contributed by atoms with Gasteiger partial charge in [0.2, 0.25) is 5.91 Å². The Morgan fingerprint density at radius 2 is 2.27 bits per heavy atom. The summed E-state index contributed by atoms with van der Waals surface area (Å²) in [5.41, 5.74) is 7.39. The van der Waals surface area contributed by atoms with Gasteiger partial charge >= 0.3 is 0 Å². The van der Waals surface area contributed by atoms with E-state index >= 15 is 0 Å². The van der Waals surface area contributed by atoms with Crippen LogP contribution in [0.3, 0.4) is 0 Å². The summed E-state index contributed by atoms with van der Waals surface area (Å²) in [6.45, 7) is 3.31. The Balaban J connectivity index is 1.97. The van der Waals surface area contributed by atoms with Crippen LogP contribution in [0.15, 0.2) is 36.8 Å². The number of carbonyl (C=O) groups is 1. The first kappa shape index (κ1) is 14.6. The van der Waals surface area contributed by atoms with Crippen LogP contribution < -0.4 is 5.73 Å². The van der Waals surface area contributed by atoms with Crippen molar-refractivity contribution in [3.63, 3.8) is 0 Å². The van der Waals surface area contributed by atoms with Gasteiger partial charge in [-0.25, -0.2) is 0 Å². The number of aryl methyl sites for hydroxylation is 1. The average Bonchev–Trinajstić information content (AvgIpc) is 2.93. The number of carbonyl (C=O) groups excluding carboxylic acids is 1. The SMILES string of the molecule is Cc1cccc(CN2CCCC2(C(N)=O)c2cnccn2)n1. The topological polar surface area (TPSA) is 85.0 Å². The fourth-order valence-corrected chi connectivity index (χ4v) is 3.18. The zero-order valence-electron chi connectivity index (χ0n) is 12.6. The first-order valence-electron chi connectivity index (χ1n) is 7.37. The van der Waals surface area contributed by atoms with E-state index in [-0.39, 0.29) is 5.91 Å². The maximum atomic E-state index is 12.3. The minimum Gasteiger partial charge on any atom is -0.368 e. The Labute approximate surface area is 129 Å². The fraction of sp³-hybridized carbons (Fsp3) is 0.375. The van der Waals surface area contributed by atoms with Crippen LogP contribution in [0.5, 0.6) is 0 Å². The number of hydrogen-bond acceptors (Lipinski definition) is 5. The number of rotatable bonds is 4. The monoisotopic (exact) mass is 297 g/mol. The maximum absolute atomic E-state index is 12.3. The summed E-state index contributed by atoms with van der Waals surface area (Å²) in [6, 6.07) is 5.90. The molecule has 0 aliphatic carbocycles. The van der Waals surface area contributed by atoms with Gasteiger partial charge in [-0.1, -0.05) is 6.07 Å². The molecular formula is C16H19N5O. The van der Waals surface area contributed by atoms with Gasteiger partial charge in [0.25, 0.3) is 0 Å². The third kappa shape index (κ3) is 2.46. The lowest BCUT2D eigenvalue weighted by molar-refractivity contribution is -0.129. The molecule has 1 aliphatic heterocycles. The third-order valence-electron chi connectivity index (χ3n) is 4.20. The number of aromatic nitrogens is 3. The highest BCUT2D eigenvalue weighted by Crippen LogP contribution is 2.38. The van der Waals surface area contributed by atoms with E-state index in [9.17, 15) is 4.79 Å². The molecule has 0 radical (unpaired) electrons. The molecule has 1 aliphatic rings. The van der Waals surface area contributed by atoms with E-state index in [1.54, 1.807) is 18.6 Å². The molecule has 0 aromatic carbocycles. The van der Waals surface area contributed by atoms with E-state index < -0.39 is 5.54 Å². The Kier molecular flexibility index (Phi) is 3.85. The lowest BCUT2D eigenvalue weighted by Crippen LogP contribution is -2.51. The van der Waals surface area contributed by atoms with Crippen molar-refractivity contribution in [2.24, 2.45) is 5.73 Å². The van der Waals surface area contributed by atoms with E-state index in [4.69, 9.17) is 5.73 Å².